The maximum absolute atomic E-state index is 4.39. The third-order valence-corrected chi connectivity index (χ3v) is 2.62. The fourth-order valence-electron chi connectivity index (χ4n) is 2.10. The number of rotatable bonds is 0. The largest absolute Gasteiger partial charge is 0.221 e. The fourth-order valence-corrected chi connectivity index (χ4v) is 2.10. The van der Waals surface area contributed by atoms with Gasteiger partial charge in [0, 0.05) is 10.8 Å². The van der Waals surface area contributed by atoms with E-state index in [2.05, 4.69) is 50.1 Å². The Morgan fingerprint density at radius 3 is 2.47 bits per heavy atom. The zero-order valence-electron chi connectivity index (χ0n) is 9.78. The van der Waals surface area contributed by atoms with Crippen LogP contribution in [0.2, 0.25) is 0 Å². The summed E-state index contributed by atoms with van der Waals surface area (Å²) in [7, 11) is 2.01. The fraction of sp³-hybridized carbons (Fsp3) is 0.385. The van der Waals surface area contributed by atoms with Crippen LogP contribution in [0.4, 0.5) is 0 Å². The van der Waals surface area contributed by atoms with Gasteiger partial charge in [0.1, 0.15) is 6.20 Å². The van der Waals surface area contributed by atoms with Crippen LogP contribution < -0.4 is 4.68 Å². The van der Waals surface area contributed by atoms with Gasteiger partial charge in [-0.05, 0) is 11.2 Å². The van der Waals surface area contributed by atoms with E-state index in [4.69, 9.17) is 0 Å². The van der Waals surface area contributed by atoms with Gasteiger partial charge in [-0.3, -0.25) is 0 Å². The van der Waals surface area contributed by atoms with Gasteiger partial charge in [-0.25, -0.2) is 0 Å². The molecule has 0 radical (unpaired) electrons. The summed E-state index contributed by atoms with van der Waals surface area (Å²) in [6.07, 6.45) is 1.92. The molecule has 0 aliphatic carbocycles. The predicted molar refractivity (Wildman–Crippen MR) is 61.6 cm³/mol. The normalized spacial score (nSPS) is 12.0. The number of benzene rings is 1. The minimum atomic E-state index is 0.114. The first-order valence-corrected chi connectivity index (χ1v) is 5.25. The first-order chi connectivity index (χ1) is 7.00. The summed E-state index contributed by atoms with van der Waals surface area (Å²) in [5.41, 5.74) is 1.39. The van der Waals surface area contributed by atoms with Crippen LogP contribution in [0.1, 0.15) is 26.5 Å². The van der Waals surface area contributed by atoms with Crippen molar-refractivity contribution in [3.63, 3.8) is 0 Å². The maximum atomic E-state index is 4.39. The molecule has 0 aliphatic heterocycles. The van der Waals surface area contributed by atoms with E-state index in [9.17, 15) is 0 Å². The second-order valence-corrected chi connectivity index (χ2v) is 4.95. The number of aryl methyl sites for hydroxylation is 1. The van der Waals surface area contributed by atoms with Crippen LogP contribution in [-0.2, 0) is 12.5 Å². The van der Waals surface area contributed by atoms with Crippen LogP contribution in [0.3, 0.4) is 0 Å². The van der Waals surface area contributed by atoms with Crippen molar-refractivity contribution < 1.29 is 4.68 Å². The monoisotopic (exact) mass is 201 g/mol. The average Bonchev–Trinajstić information content (AvgIpc) is 2.15. The summed E-state index contributed by atoms with van der Waals surface area (Å²) in [5, 5.41) is 6.89. The zero-order valence-corrected chi connectivity index (χ0v) is 9.78. The van der Waals surface area contributed by atoms with Crippen molar-refractivity contribution in [1.29, 1.82) is 0 Å². The van der Waals surface area contributed by atoms with Crippen molar-refractivity contribution in [2.75, 3.05) is 0 Å². The summed E-state index contributed by atoms with van der Waals surface area (Å²) in [4.78, 5) is 0. The van der Waals surface area contributed by atoms with E-state index in [1.807, 2.05) is 17.9 Å². The molecule has 1 aromatic heterocycles. The topological polar surface area (TPSA) is 16.8 Å². The molecule has 2 heteroatoms. The molecule has 0 amide bonds. The van der Waals surface area contributed by atoms with E-state index >= 15 is 0 Å². The molecule has 0 fully saturated rings. The molecule has 2 nitrogen and oxygen atoms in total. The van der Waals surface area contributed by atoms with Gasteiger partial charge in [-0.2, -0.15) is 0 Å². The van der Waals surface area contributed by atoms with Gasteiger partial charge in [-0.1, -0.05) is 43.7 Å². The van der Waals surface area contributed by atoms with Crippen LogP contribution in [0.5, 0.6) is 0 Å². The molecule has 15 heavy (non-hydrogen) atoms. The first kappa shape index (κ1) is 10.1. The van der Waals surface area contributed by atoms with Crippen LogP contribution in [0.25, 0.3) is 10.8 Å². The summed E-state index contributed by atoms with van der Waals surface area (Å²) in [6, 6.07) is 8.41. The molecule has 0 saturated heterocycles. The van der Waals surface area contributed by atoms with Crippen LogP contribution in [-0.4, -0.2) is 5.10 Å². The smallest absolute Gasteiger partial charge is 0.0900 e. The quantitative estimate of drug-likeness (QED) is 0.598. The molecule has 2 aromatic rings. The molecule has 1 aromatic carbocycles. The third-order valence-electron chi connectivity index (χ3n) is 2.62. The summed E-state index contributed by atoms with van der Waals surface area (Å²) in [5.74, 6) is 0. The summed E-state index contributed by atoms with van der Waals surface area (Å²) in [6.45, 7) is 6.66. The lowest BCUT2D eigenvalue weighted by Crippen LogP contribution is -2.43. The van der Waals surface area contributed by atoms with Gasteiger partial charge in [0.25, 0.3) is 0 Å². The second-order valence-electron chi connectivity index (χ2n) is 4.95. The number of aromatic nitrogens is 2. The molecule has 2 rings (SSSR count). The van der Waals surface area contributed by atoms with Crippen molar-refractivity contribution in [1.82, 2.24) is 5.10 Å². The Morgan fingerprint density at radius 1 is 1.13 bits per heavy atom. The number of hydrogen-bond donors (Lipinski definition) is 0. The molecule has 0 saturated carbocycles. The van der Waals surface area contributed by atoms with Gasteiger partial charge in [0.05, 0.1) is 5.39 Å². The number of hydrogen-bond acceptors (Lipinski definition) is 1. The molecule has 1 heterocycles. The van der Waals surface area contributed by atoms with Crippen LogP contribution in [0.15, 0.2) is 30.5 Å². The lowest BCUT2D eigenvalue weighted by atomic mass is 9.88. The van der Waals surface area contributed by atoms with Gasteiger partial charge >= 0.3 is 0 Å². The molecule has 0 aliphatic rings. The highest BCUT2D eigenvalue weighted by atomic mass is 15.2. The molecular formula is C13H17N2+. The standard InChI is InChI=1S/C13H17N2/c1-13(2,3)12-11-8-6-5-7-10(11)9-14-15(12)4/h5-9H,1-4H3/q+1. The Hall–Kier alpha value is -1.44. The average molecular weight is 201 g/mol. The van der Waals surface area contributed by atoms with Gasteiger partial charge < -0.3 is 0 Å². The zero-order chi connectivity index (χ0) is 11.1. The van der Waals surface area contributed by atoms with Crippen molar-refractivity contribution in [2.24, 2.45) is 7.05 Å². The molecule has 0 unspecified atom stereocenters. The number of fused-ring (bicyclic) bond motifs is 1. The number of nitrogens with zero attached hydrogens (tertiary/aromatic N) is 2. The third kappa shape index (κ3) is 1.72. The van der Waals surface area contributed by atoms with Crippen molar-refractivity contribution in [3.8, 4) is 0 Å². The Labute approximate surface area is 90.6 Å². The lowest BCUT2D eigenvalue weighted by Gasteiger charge is -2.15. The maximum Gasteiger partial charge on any atom is 0.221 e. The van der Waals surface area contributed by atoms with Crippen molar-refractivity contribution in [3.05, 3.63) is 36.2 Å². The van der Waals surface area contributed by atoms with E-state index in [1.54, 1.807) is 0 Å². The minimum Gasteiger partial charge on any atom is -0.0900 e. The van der Waals surface area contributed by atoms with Crippen molar-refractivity contribution in [2.45, 2.75) is 26.2 Å². The predicted octanol–water partition coefficient (Wildman–Crippen LogP) is 2.36. The first-order valence-electron chi connectivity index (χ1n) is 5.25. The van der Waals surface area contributed by atoms with Crippen LogP contribution >= 0.6 is 0 Å². The SMILES string of the molecule is C[n+]1ncc2ccccc2c1C(C)(C)C. The van der Waals surface area contributed by atoms with Crippen LogP contribution in [0, 0.1) is 0 Å². The molecular weight excluding hydrogens is 184 g/mol. The Balaban J connectivity index is 2.86. The van der Waals surface area contributed by atoms with E-state index in [-0.39, 0.29) is 5.41 Å². The molecule has 0 spiro atoms. The van der Waals surface area contributed by atoms with Gasteiger partial charge in [-0.15, -0.1) is 0 Å². The summed E-state index contributed by atoms with van der Waals surface area (Å²) >= 11 is 0. The minimum absolute atomic E-state index is 0.114. The Kier molecular flexibility index (Phi) is 2.22. The second kappa shape index (κ2) is 3.30. The van der Waals surface area contributed by atoms with Gasteiger partial charge in [0.15, 0.2) is 7.05 Å². The highest BCUT2D eigenvalue weighted by molar-refractivity contribution is 5.83. The lowest BCUT2D eigenvalue weighted by molar-refractivity contribution is -0.739. The summed E-state index contributed by atoms with van der Waals surface area (Å²) < 4.78 is 1.97. The Bertz CT molecular complexity index is 495. The molecule has 78 valence electrons. The van der Waals surface area contributed by atoms with E-state index in [0.29, 0.717) is 0 Å². The van der Waals surface area contributed by atoms with E-state index in [0.717, 1.165) is 0 Å². The highest BCUT2D eigenvalue weighted by Crippen LogP contribution is 2.25. The molecule has 0 N–H and O–H groups in total. The highest BCUT2D eigenvalue weighted by Gasteiger charge is 2.27. The Morgan fingerprint density at radius 2 is 1.80 bits per heavy atom. The van der Waals surface area contributed by atoms with Crippen molar-refractivity contribution >= 4 is 10.8 Å². The van der Waals surface area contributed by atoms with E-state index in [1.165, 1.54) is 16.5 Å². The molecule has 0 bridgehead atoms. The molecule has 0 atom stereocenters. The van der Waals surface area contributed by atoms with Gasteiger partial charge in [0.2, 0.25) is 5.69 Å². The van der Waals surface area contributed by atoms with E-state index < -0.39 is 0 Å².